The van der Waals surface area contributed by atoms with Gasteiger partial charge in [0.15, 0.2) is 6.04 Å². The van der Waals surface area contributed by atoms with Gasteiger partial charge in [0.25, 0.3) is 0 Å². The lowest BCUT2D eigenvalue weighted by atomic mass is 10.0. The number of hydrogen-bond donors (Lipinski definition) is 1. The molecule has 0 aliphatic rings. The molecule has 0 aliphatic heterocycles. The first kappa shape index (κ1) is 25.7. The minimum atomic E-state index is -1.12. The van der Waals surface area contributed by atoms with Gasteiger partial charge in [-0.1, -0.05) is 74.0 Å². The van der Waals surface area contributed by atoms with E-state index in [1.807, 2.05) is 43.3 Å². The zero-order chi connectivity index (χ0) is 26.2. The Bertz CT molecular complexity index is 1430. The van der Waals surface area contributed by atoms with Crippen LogP contribution in [0.4, 0.5) is 4.79 Å². The lowest BCUT2D eigenvalue weighted by Crippen LogP contribution is -2.36. The number of alkyl carbamates (subject to hydrolysis) is 1. The third kappa shape index (κ3) is 6.64. The molecule has 1 aromatic heterocycles. The van der Waals surface area contributed by atoms with E-state index in [4.69, 9.17) is 13.9 Å². The normalized spacial score (nSPS) is 11.6. The Labute approximate surface area is 215 Å². The van der Waals surface area contributed by atoms with Gasteiger partial charge in [0.05, 0.1) is 5.39 Å². The third-order valence-electron chi connectivity index (χ3n) is 5.89. The molecule has 0 spiro atoms. The Kier molecular flexibility index (Phi) is 8.36. The van der Waals surface area contributed by atoms with Crippen molar-refractivity contribution in [2.75, 3.05) is 0 Å². The van der Waals surface area contributed by atoms with Crippen LogP contribution in [-0.4, -0.2) is 12.1 Å². The van der Waals surface area contributed by atoms with Crippen molar-refractivity contribution in [3.05, 3.63) is 112 Å². The fourth-order valence-electron chi connectivity index (χ4n) is 4.09. The minimum absolute atomic E-state index is 0.0611. The molecule has 1 amide bonds. The van der Waals surface area contributed by atoms with E-state index in [-0.39, 0.29) is 12.4 Å². The number of carbonyl (C=O) groups is 2. The van der Waals surface area contributed by atoms with Crippen LogP contribution < -0.4 is 15.7 Å². The van der Waals surface area contributed by atoms with Crippen LogP contribution in [0.25, 0.3) is 11.0 Å². The second-order valence-corrected chi connectivity index (χ2v) is 8.80. The van der Waals surface area contributed by atoms with Gasteiger partial charge >= 0.3 is 17.7 Å². The maximum absolute atomic E-state index is 13.5. The average molecular weight is 500 g/mol. The van der Waals surface area contributed by atoms with Crippen LogP contribution in [0, 0.1) is 6.92 Å². The Hall–Kier alpha value is -4.39. The number of nitrogens with one attached hydrogen (secondary N) is 1. The van der Waals surface area contributed by atoms with E-state index in [1.54, 1.807) is 36.4 Å². The van der Waals surface area contributed by atoms with Gasteiger partial charge in [-0.05, 0) is 54.2 Å². The molecule has 4 aromatic rings. The molecule has 0 aliphatic carbocycles. The fourth-order valence-corrected chi connectivity index (χ4v) is 4.09. The number of ether oxygens (including phenoxy) is 2. The van der Waals surface area contributed by atoms with Crippen molar-refractivity contribution in [3.63, 3.8) is 0 Å². The zero-order valence-corrected chi connectivity index (χ0v) is 20.9. The number of carbonyl (C=O) groups excluding carboxylic acids is 2. The highest BCUT2D eigenvalue weighted by atomic mass is 16.6. The maximum Gasteiger partial charge on any atom is 0.408 e. The molecule has 37 heavy (non-hydrogen) atoms. The van der Waals surface area contributed by atoms with E-state index in [9.17, 15) is 14.4 Å². The summed E-state index contributed by atoms with van der Waals surface area (Å²) >= 11 is 0. The Morgan fingerprint density at radius 1 is 0.973 bits per heavy atom. The molecule has 1 atom stereocenters. The molecule has 0 saturated carbocycles. The predicted octanol–water partition coefficient (Wildman–Crippen LogP) is 6.02. The molecule has 1 N–H and O–H groups in total. The summed E-state index contributed by atoms with van der Waals surface area (Å²) in [5, 5.41) is 3.21. The number of rotatable bonds is 9. The molecule has 7 heteroatoms. The van der Waals surface area contributed by atoms with E-state index in [0.717, 1.165) is 29.5 Å². The number of unbranched alkanes of at least 4 members (excludes halogenated alkanes) is 1. The molecule has 0 saturated heterocycles. The highest BCUT2D eigenvalue weighted by molar-refractivity contribution is 5.92. The predicted molar refractivity (Wildman–Crippen MR) is 140 cm³/mol. The van der Waals surface area contributed by atoms with Gasteiger partial charge in [-0.15, -0.1) is 0 Å². The van der Waals surface area contributed by atoms with Gasteiger partial charge in [0.1, 0.15) is 17.9 Å². The summed E-state index contributed by atoms with van der Waals surface area (Å²) in [6, 6.07) is 21.9. The standard InChI is InChI=1S/C30H29NO6/c1-3-4-13-23-18-26(32)36-24-16-20(2)17-25(27(23)24)37-29(33)28(22-14-9-6-10-15-22)31-30(34)35-19-21-11-7-5-8-12-21/h5-12,14-18,28H,3-4,13,19H2,1-2H3,(H,31,34)/t28-/m1/s1. The topological polar surface area (TPSA) is 94.8 Å². The molecule has 3 aromatic carbocycles. The largest absolute Gasteiger partial charge is 0.445 e. The van der Waals surface area contributed by atoms with Crippen LogP contribution in [0.5, 0.6) is 5.75 Å². The van der Waals surface area contributed by atoms with Crippen LogP contribution in [0.15, 0.2) is 88.1 Å². The monoisotopic (exact) mass is 499 g/mol. The van der Waals surface area contributed by atoms with Gasteiger partial charge in [0, 0.05) is 6.07 Å². The molecule has 190 valence electrons. The van der Waals surface area contributed by atoms with Crippen molar-refractivity contribution >= 4 is 23.0 Å². The summed E-state index contributed by atoms with van der Waals surface area (Å²) in [7, 11) is 0. The summed E-state index contributed by atoms with van der Waals surface area (Å²) in [5.74, 6) is -0.419. The van der Waals surface area contributed by atoms with Crippen LogP contribution in [0.2, 0.25) is 0 Å². The number of aryl methyl sites for hydroxylation is 2. The van der Waals surface area contributed by atoms with Crippen LogP contribution in [0.1, 0.15) is 48.1 Å². The average Bonchev–Trinajstić information content (AvgIpc) is 2.89. The van der Waals surface area contributed by atoms with E-state index < -0.39 is 23.7 Å². The first-order chi connectivity index (χ1) is 17.9. The number of benzene rings is 3. The van der Waals surface area contributed by atoms with Crippen molar-refractivity contribution in [1.82, 2.24) is 5.32 Å². The summed E-state index contributed by atoms with van der Waals surface area (Å²) in [6.45, 7) is 3.95. The Morgan fingerprint density at radius 2 is 1.68 bits per heavy atom. The number of esters is 1. The second kappa shape index (κ2) is 12.0. The summed E-state index contributed by atoms with van der Waals surface area (Å²) in [5.41, 5.74) is 2.78. The second-order valence-electron chi connectivity index (χ2n) is 8.80. The highest BCUT2D eigenvalue weighted by Crippen LogP contribution is 2.32. The first-order valence-corrected chi connectivity index (χ1v) is 12.3. The third-order valence-corrected chi connectivity index (χ3v) is 5.89. The lowest BCUT2D eigenvalue weighted by molar-refractivity contribution is -0.136. The van der Waals surface area contributed by atoms with Crippen molar-refractivity contribution < 1.29 is 23.5 Å². The minimum Gasteiger partial charge on any atom is -0.445 e. The van der Waals surface area contributed by atoms with E-state index in [2.05, 4.69) is 12.2 Å². The van der Waals surface area contributed by atoms with Gasteiger partial charge in [-0.3, -0.25) is 0 Å². The van der Waals surface area contributed by atoms with E-state index >= 15 is 0 Å². The summed E-state index contributed by atoms with van der Waals surface area (Å²) in [6.07, 6.45) is 1.69. The molecule has 0 bridgehead atoms. The molecule has 1 heterocycles. The fraction of sp³-hybridized carbons (Fsp3) is 0.233. The smallest absolute Gasteiger partial charge is 0.408 e. The number of amides is 1. The molecule has 4 rings (SSSR count). The molecule has 0 radical (unpaired) electrons. The van der Waals surface area contributed by atoms with Crippen molar-refractivity contribution in [1.29, 1.82) is 0 Å². The van der Waals surface area contributed by atoms with Crippen molar-refractivity contribution in [2.45, 2.75) is 45.8 Å². The molecule has 0 unspecified atom stereocenters. The van der Waals surface area contributed by atoms with Gasteiger partial charge in [-0.2, -0.15) is 0 Å². The van der Waals surface area contributed by atoms with E-state index in [1.165, 1.54) is 6.07 Å². The maximum atomic E-state index is 13.5. The molecule has 0 fully saturated rings. The van der Waals surface area contributed by atoms with Crippen LogP contribution in [-0.2, 0) is 22.6 Å². The molecule has 7 nitrogen and oxygen atoms in total. The highest BCUT2D eigenvalue weighted by Gasteiger charge is 2.27. The number of hydrogen-bond acceptors (Lipinski definition) is 6. The zero-order valence-electron chi connectivity index (χ0n) is 20.9. The van der Waals surface area contributed by atoms with Crippen molar-refractivity contribution in [3.8, 4) is 5.75 Å². The van der Waals surface area contributed by atoms with Gasteiger partial charge < -0.3 is 19.2 Å². The summed E-state index contributed by atoms with van der Waals surface area (Å²) < 4.78 is 16.6. The first-order valence-electron chi connectivity index (χ1n) is 12.3. The Balaban J connectivity index is 1.62. The van der Waals surface area contributed by atoms with E-state index in [0.29, 0.717) is 23.0 Å². The molecular weight excluding hydrogens is 470 g/mol. The van der Waals surface area contributed by atoms with Crippen molar-refractivity contribution in [2.24, 2.45) is 0 Å². The number of fused-ring (bicyclic) bond motifs is 1. The van der Waals surface area contributed by atoms with Crippen LogP contribution in [0.3, 0.4) is 0 Å². The quantitative estimate of drug-likeness (QED) is 0.172. The summed E-state index contributed by atoms with van der Waals surface area (Å²) in [4.78, 5) is 38.3. The molecular formula is C30H29NO6. The van der Waals surface area contributed by atoms with Gasteiger partial charge in [0.2, 0.25) is 0 Å². The van der Waals surface area contributed by atoms with Crippen LogP contribution >= 0.6 is 0 Å². The van der Waals surface area contributed by atoms with Gasteiger partial charge in [-0.25, -0.2) is 14.4 Å². The SMILES string of the molecule is CCCCc1cc(=O)oc2cc(C)cc(OC(=O)[C@H](NC(=O)OCc3ccccc3)c3ccccc3)c12. The Morgan fingerprint density at radius 3 is 2.38 bits per heavy atom. The lowest BCUT2D eigenvalue weighted by Gasteiger charge is -2.19.